The van der Waals surface area contributed by atoms with Crippen molar-refractivity contribution in [2.24, 2.45) is 0 Å². The van der Waals surface area contributed by atoms with Crippen LogP contribution in [-0.2, 0) is 11.2 Å². The second kappa shape index (κ2) is 8.14. The standard InChI is InChI=1S/C24H20N4O4/c29-24(27-13-3-5-18-4-1-2-6-22(18)27)16-32-20-10-7-17(8-11-20)21-15-26-14-19(28(30)31)9-12-23(26)25-21/h1-2,4,6-12,14-15H,3,5,13,16H2. The van der Waals surface area contributed by atoms with Crippen molar-refractivity contribution in [3.05, 3.63) is 88.7 Å². The zero-order valence-electron chi connectivity index (χ0n) is 17.2. The summed E-state index contributed by atoms with van der Waals surface area (Å²) in [5.74, 6) is 0.523. The third-order valence-electron chi connectivity index (χ3n) is 5.57. The molecule has 0 N–H and O–H groups in total. The summed E-state index contributed by atoms with van der Waals surface area (Å²) >= 11 is 0. The summed E-state index contributed by atoms with van der Waals surface area (Å²) in [7, 11) is 0. The lowest BCUT2D eigenvalue weighted by atomic mass is 10.0. The van der Waals surface area contributed by atoms with Crippen molar-refractivity contribution in [3.8, 4) is 17.0 Å². The molecule has 0 fully saturated rings. The molecule has 0 unspecified atom stereocenters. The SMILES string of the molecule is O=C(COc1ccc(-c2cn3cc([N+](=O)[O-])ccc3n2)cc1)N1CCCc2ccccc21. The van der Waals surface area contributed by atoms with Crippen LogP contribution in [0.25, 0.3) is 16.9 Å². The number of ether oxygens (including phenoxy) is 1. The van der Waals surface area contributed by atoms with E-state index in [1.807, 2.05) is 30.3 Å². The van der Waals surface area contributed by atoms with E-state index in [1.165, 1.54) is 17.8 Å². The van der Waals surface area contributed by atoms with Gasteiger partial charge in [-0.15, -0.1) is 0 Å². The monoisotopic (exact) mass is 428 g/mol. The Kier molecular flexibility index (Phi) is 5.03. The van der Waals surface area contributed by atoms with Gasteiger partial charge in [0.2, 0.25) is 0 Å². The molecule has 3 heterocycles. The quantitative estimate of drug-likeness (QED) is 0.350. The molecule has 0 atom stereocenters. The molecule has 0 saturated carbocycles. The van der Waals surface area contributed by atoms with Gasteiger partial charge in [-0.05, 0) is 54.8 Å². The van der Waals surface area contributed by atoms with Crippen LogP contribution < -0.4 is 9.64 Å². The molecular formula is C24H20N4O4. The summed E-state index contributed by atoms with van der Waals surface area (Å²) in [6.07, 6.45) is 5.11. The van der Waals surface area contributed by atoms with Crippen molar-refractivity contribution in [1.29, 1.82) is 0 Å². The molecule has 2 aromatic carbocycles. The van der Waals surface area contributed by atoms with Gasteiger partial charge in [-0.3, -0.25) is 19.3 Å². The maximum atomic E-state index is 12.7. The van der Waals surface area contributed by atoms with Crippen LogP contribution in [0.2, 0.25) is 0 Å². The molecule has 0 radical (unpaired) electrons. The van der Waals surface area contributed by atoms with Gasteiger partial charge in [-0.2, -0.15) is 0 Å². The average Bonchev–Trinajstić information content (AvgIpc) is 3.26. The Balaban J connectivity index is 1.27. The molecule has 160 valence electrons. The van der Waals surface area contributed by atoms with Crippen LogP contribution in [0.1, 0.15) is 12.0 Å². The Bertz CT molecular complexity index is 1310. The summed E-state index contributed by atoms with van der Waals surface area (Å²) in [6.45, 7) is 0.663. The Morgan fingerprint density at radius 2 is 1.88 bits per heavy atom. The summed E-state index contributed by atoms with van der Waals surface area (Å²) < 4.78 is 7.37. The molecule has 8 nitrogen and oxygen atoms in total. The van der Waals surface area contributed by atoms with Gasteiger partial charge in [0.1, 0.15) is 11.4 Å². The number of para-hydroxylation sites is 1. The molecule has 1 amide bonds. The van der Waals surface area contributed by atoms with Crippen LogP contribution in [0.15, 0.2) is 73.1 Å². The number of carbonyl (C=O) groups excluding carboxylic acids is 1. The predicted octanol–water partition coefficient (Wildman–Crippen LogP) is 4.27. The van der Waals surface area contributed by atoms with Crippen LogP contribution in [0.3, 0.4) is 0 Å². The minimum absolute atomic E-state index is 0.00574. The second-order valence-corrected chi connectivity index (χ2v) is 7.63. The zero-order valence-corrected chi connectivity index (χ0v) is 17.2. The number of pyridine rings is 1. The molecule has 1 aliphatic rings. The Labute approximate surface area is 183 Å². The van der Waals surface area contributed by atoms with Gasteiger partial charge in [0.15, 0.2) is 6.61 Å². The third-order valence-corrected chi connectivity index (χ3v) is 5.57. The number of imidazole rings is 1. The van der Waals surface area contributed by atoms with E-state index in [0.717, 1.165) is 24.1 Å². The van der Waals surface area contributed by atoms with E-state index in [9.17, 15) is 14.9 Å². The molecule has 2 aromatic heterocycles. The molecule has 0 aliphatic carbocycles. The van der Waals surface area contributed by atoms with Gasteiger partial charge < -0.3 is 9.64 Å². The number of nitro groups is 1. The molecule has 32 heavy (non-hydrogen) atoms. The number of nitrogens with zero attached hydrogens (tertiary/aromatic N) is 4. The van der Waals surface area contributed by atoms with Crippen LogP contribution >= 0.6 is 0 Å². The summed E-state index contributed by atoms with van der Waals surface area (Å²) in [5, 5.41) is 11.0. The molecule has 5 rings (SSSR count). The largest absolute Gasteiger partial charge is 0.484 e. The maximum absolute atomic E-state index is 12.7. The average molecular weight is 428 g/mol. The van der Waals surface area contributed by atoms with E-state index >= 15 is 0 Å². The van der Waals surface area contributed by atoms with Gasteiger partial charge in [0.25, 0.3) is 11.6 Å². The highest BCUT2D eigenvalue weighted by molar-refractivity contribution is 5.95. The van der Waals surface area contributed by atoms with Crippen molar-refractivity contribution in [1.82, 2.24) is 9.38 Å². The van der Waals surface area contributed by atoms with Gasteiger partial charge in [-0.1, -0.05) is 18.2 Å². The number of benzene rings is 2. The topological polar surface area (TPSA) is 90.0 Å². The van der Waals surface area contributed by atoms with Gasteiger partial charge in [0, 0.05) is 30.1 Å². The van der Waals surface area contributed by atoms with Crippen molar-refractivity contribution >= 4 is 22.9 Å². The lowest BCUT2D eigenvalue weighted by Gasteiger charge is -2.29. The smallest absolute Gasteiger partial charge is 0.286 e. The highest BCUT2D eigenvalue weighted by atomic mass is 16.6. The van der Waals surface area contributed by atoms with Crippen LogP contribution in [0.5, 0.6) is 5.75 Å². The number of fused-ring (bicyclic) bond motifs is 2. The first-order valence-electron chi connectivity index (χ1n) is 10.3. The van der Waals surface area contributed by atoms with Crippen LogP contribution in [-0.4, -0.2) is 33.4 Å². The number of amides is 1. The van der Waals surface area contributed by atoms with E-state index in [2.05, 4.69) is 11.1 Å². The van der Waals surface area contributed by atoms with Gasteiger partial charge >= 0.3 is 0 Å². The molecule has 1 aliphatic heterocycles. The number of aromatic nitrogens is 2. The molecule has 4 aromatic rings. The fourth-order valence-corrected chi connectivity index (χ4v) is 3.96. The minimum atomic E-state index is -0.435. The maximum Gasteiger partial charge on any atom is 0.286 e. The first-order valence-corrected chi connectivity index (χ1v) is 10.3. The van der Waals surface area contributed by atoms with Crippen molar-refractivity contribution in [2.45, 2.75) is 12.8 Å². The van der Waals surface area contributed by atoms with Crippen LogP contribution in [0.4, 0.5) is 11.4 Å². The molecule has 0 spiro atoms. The molecule has 8 heteroatoms. The highest BCUT2D eigenvalue weighted by Crippen LogP contribution is 2.27. The summed E-state index contributed by atoms with van der Waals surface area (Å²) in [5.41, 5.74) is 4.33. The Hall–Kier alpha value is -4.20. The number of anilines is 1. The molecule has 0 saturated heterocycles. The van der Waals surface area contributed by atoms with E-state index in [1.54, 1.807) is 33.7 Å². The number of hydrogen-bond donors (Lipinski definition) is 0. The number of aryl methyl sites for hydroxylation is 1. The fraction of sp³-hybridized carbons (Fsp3) is 0.167. The molecule has 0 bridgehead atoms. The van der Waals surface area contributed by atoms with E-state index in [4.69, 9.17) is 4.74 Å². The number of carbonyl (C=O) groups is 1. The Morgan fingerprint density at radius 1 is 1.06 bits per heavy atom. The van der Waals surface area contributed by atoms with E-state index in [0.29, 0.717) is 23.6 Å². The lowest BCUT2D eigenvalue weighted by Crippen LogP contribution is -2.38. The predicted molar refractivity (Wildman–Crippen MR) is 120 cm³/mol. The highest BCUT2D eigenvalue weighted by Gasteiger charge is 2.22. The van der Waals surface area contributed by atoms with E-state index in [-0.39, 0.29) is 18.2 Å². The normalized spacial score (nSPS) is 13.1. The number of rotatable bonds is 5. The zero-order chi connectivity index (χ0) is 22.1. The number of hydrogen-bond acceptors (Lipinski definition) is 5. The first-order chi connectivity index (χ1) is 15.6. The lowest BCUT2D eigenvalue weighted by molar-refractivity contribution is -0.385. The summed E-state index contributed by atoms with van der Waals surface area (Å²) in [6, 6.07) is 18.3. The first kappa shape index (κ1) is 19.7. The third kappa shape index (κ3) is 3.78. The molecular weight excluding hydrogens is 408 g/mol. The fourth-order valence-electron chi connectivity index (χ4n) is 3.96. The second-order valence-electron chi connectivity index (χ2n) is 7.63. The van der Waals surface area contributed by atoms with E-state index < -0.39 is 4.92 Å². The summed E-state index contributed by atoms with van der Waals surface area (Å²) in [4.78, 5) is 29.6. The van der Waals surface area contributed by atoms with Gasteiger partial charge in [-0.25, -0.2) is 4.98 Å². The minimum Gasteiger partial charge on any atom is -0.484 e. The van der Waals surface area contributed by atoms with Gasteiger partial charge in [0.05, 0.1) is 16.8 Å². The Morgan fingerprint density at radius 3 is 2.69 bits per heavy atom. The van der Waals surface area contributed by atoms with Crippen LogP contribution in [0, 0.1) is 10.1 Å². The van der Waals surface area contributed by atoms with Crippen molar-refractivity contribution < 1.29 is 14.5 Å². The van der Waals surface area contributed by atoms with Crippen molar-refractivity contribution in [3.63, 3.8) is 0 Å². The van der Waals surface area contributed by atoms with Crippen molar-refractivity contribution in [2.75, 3.05) is 18.1 Å².